The van der Waals surface area contributed by atoms with Gasteiger partial charge in [0.05, 0.1) is 4.92 Å². The first-order valence-electron chi connectivity index (χ1n) is 5.33. The van der Waals surface area contributed by atoms with Gasteiger partial charge in [-0.15, -0.1) is 0 Å². The topological polar surface area (TPSA) is 122 Å². The highest BCUT2D eigenvalue weighted by molar-refractivity contribution is 7.84. The van der Waals surface area contributed by atoms with Gasteiger partial charge in [-0.2, -0.15) is 0 Å². The van der Waals surface area contributed by atoms with E-state index in [4.69, 9.17) is 5.11 Å². The van der Waals surface area contributed by atoms with E-state index in [1.54, 1.807) is 6.26 Å². The molecule has 0 saturated heterocycles. The molecule has 0 aromatic carbocycles. The molecule has 0 bridgehead atoms. The summed E-state index contributed by atoms with van der Waals surface area (Å²) in [6, 6.07) is 0.954. The predicted octanol–water partition coefficient (Wildman–Crippen LogP) is 0.868. The summed E-state index contributed by atoms with van der Waals surface area (Å²) in [6.45, 7) is 0.394. The van der Waals surface area contributed by atoms with Crippen molar-refractivity contribution in [2.45, 2.75) is 6.42 Å². The number of nitrogens with one attached hydrogen (secondary N) is 1. The van der Waals surface area contributed by atoms with Gasteiger partial charge in [-0.25, -0.2) is 9.78 Å². The van der Waals surface area contributed by atoms with E-state index in [1.807, 2.05) is 0 Å². The highest BCUT2D eigenvalue weighted by atomic mass is 32.2. The molecule has 0 saturated carbocycles. The first-order valence-corrected chi connectivity index (χ1v) is 7.06. The largest absolute Gasteiger partial charge is 0.478 e. The molecule has 8 nitrogen and oxygen atoms in total. The average molecular weight is 287 g/mol. The Morgan fingerprint density at radius 3 is 2.84 bits per heavy atom. The van der Waals surface area contributed by atoms with Crippen LogP contribution in [-0.2, 0) is 10.8 Å². The second-order valence-corrected chi connectivity index (χ2v) is 5.26. The second kappa shape index (κ2) is 6.78. The third-order valence-corrected chi connectivity index (χ3v) is 3.08. The van der Waals surface area contributed by atoms with Crippen LogP contribution in [0.1, 0.15) is 16.8 Å². The second-order valence-electron chi connectivity index (χ2n) is 3.71. The van der Waals surface area contributed by atoms with Crippen LogP contribution in [0.5, 0.6) is 0 Å². The zero-order chi connectivity index (χ0) is 14.4. The third kappa shape index (κ3) is 4.62. The van der Waals surface area contributed by atoms with E-state index in [0.29, 0.717) is 18.7 Å². The smallest absolute Gasteiger partial charge is 0.339 e. The van der Waals surface area contributed by atoms with Gasteiger partial charge in [-0.05, 0) is 6.42 Å². The zero-order valence-electron chi connectivity index (χ0n) is 10.2. The van der Waals surface area contributed by atoms with E-state index in [2.05, 4.69) is 10.3 Å². The maximum Gasteiger partial charge on any atom is 0.339 e. The molecule has 0 spiro atoms. The maximum atomic E-state index is 11.0. The number of aromatic nitrogens is 1. The van der Waals surface area contributed by atoms with Gasteiger partial charge in [0.15, 0.2) is 0 Å². The lowest BCUT2D eigenvalue weighted by Gasteiger charge is -2.07. The number of carboxylic acids is 1. The van der Waals surface area contributed by atoms with E-state index in [0.717, 1.165) is 12.3 Å². The maximum absolute atomic E-state index is 11.0. The molecule has 104 valence electrons. The number of rotatable bonds is 7. The third-order valence-electron chi connectivity index (χ3n) is 2.22. The molecule has 0 aliphatic carbocycles. The number of hydrogen-bond acceptors (Lipinski definition) is 6. The summed E-state index contributed by atoms with van der Waals surface area (Å²) in [4.78, 5) is 24.6. The standard InChI is InChI=1S/C10H13N3O5S/c1-19(18)4-2-3-11-9-8(10(14)15)5-7(6-12-9)13(16)17/h5-6H,2-4H2,1H3,(H,11,12)(H,14,15). The van der Waals surface area contributed by atoms with Crippen molar-refractivity contribution < 1.29 is 19.0 Å². The molecule has 2 N–H and O–H groups in total. The molecule has 1 unspecified atom stereocenters. The quantitative estimate of drug-likeness (QED) is 0.433. The Morgan fingerprint density at radius 1 is 1.63 bits per heavy atom. The molecular formula is C10H13N3O5S. The zero-order valence-corrected chi connectivity index (χ0v) is 11.0. The van der Waals surface area contributed by atoms with Gasteiger partial charge in [0.2, 0.25) is 0 Å². The first-order chi connectivity index (χ1) is 8.91. The van der Waals surface area contributed by atoms with Crippen LogP contribution in [0.4, 0.5) is 11.5 Å². The van der Waals surface area contributed by atoms with Crippen LogP contribution in [0.3, 0.4) is 0 Å². The van der Waals surface area contributed by atoms with Gasteiger partial charge >= 0.3 is 5.97 Å². The van der Waals surface area contributed by atoms with Crippen molar-refractivity contribution in [3.63, 3.8) is 0 Å². The number of carbonyl (C=O) groups is 1. The summed E-state index contributed by atoms with van der Waals surface area (Å²) >= 11 is 0. The van der Waals surface area contributed by atoms with Crippen LogP contribution in [0.25, 0.3) is 0 Å². The molecule has 0 fully saturated rings. The molecule has 1 rings (SSSR count). The van der Waals surface area contributed by atoms with E-state index in [9.17, 15) is 19.1 Å². The number of hydrogen-bond donors (Lipinski definition) is 2. The summed E-state index contributed by atoms with van der Waals surface area (Å²) in [5, 5.41) is 22.3. The number of carboxylic acid groups (broad SMARTS) is 1. The Balaban J connectivity index is 2.79. The van der Waals surface area contributed by atoms with Crippen LogP contribution < -0.4 is 5.32 Å². The predicted molar refractivity (Wildman–Crippen MR) is 69.9 cm³/mol. The molecule has 19 heavy (non-hydrogen) atoms. The van der Waals surface area contributed by atoms with Gasteiger partial charge in [-0.1, -0.05) is 0 Å². The highest BCUT2D eigenvalue weighted by Crippen LogP contribution is 2.19. The minimum Gasteiger partial charge on any atom is -0.478 e. The number of nitro groups is 1. The Labute approximate surface area is 111 Å². The van der Waals surface area contributed by atoms with Crippen molar-refractivity contribution in [1.29, 1.82) is 0 Å². The fourth-order valence-electron chi connectivity index (χ4n) is 1.34. The molecule has 0 radical (unpaired) electrons. The lowest BCUT2D eigenvalue weighted by molar-refractivity contribution is -0.385. The molecule has 1 aromatic heterocycles. The lowest BCUT2D eigenvalue weighted by atomic mass is 10.2. The molecule has 1 atom stereocenters. The molecule has 9 heteroatoms. The Bertz CT molecular complexity index is 520. The van der Waals surface area contributed by atoms with Crippen LogP contribution >= 0.6 is 0 Å². The van der Waals surface area contributed by atoms with Crippen molar-refractivity contribution >= 4 is 28.3 Å². The van der Waals surface area contributed by atoms with Gasteiger partial charge in [-0.3, -0.25) is 14.3 Å². The molecule has 1 heterocycles. The SMILES string of the molecule is CS(=O)CCCNc1ncc([N+](=O)[O-])cc1C(=O)O. The van der Waals surface area contributed by atoms with Crippen LogP contribution in [0.2, 0.25) is 0 Å². The summed E-state index contributed by atoms with van der Waals surface area (Å²) in [5.41, 5.74) is -0.635. The van der Waals surface area contributed by atoms with Crippen LogP contribution in [0.15, 0.2) is 12.3 Å². The Morgan fingerprint density at radius 2 is 2.32 bits per heavy atom. The van der Waals surface area contributed by atoms with E-state index < -0.39 is 21.7 Å². The number of nitrogens with zero attached hydrogens (tertiary/aromatic N) is 2. The highest BCUT2D eigenvalue weighted by Gasteiger charge is 2.17. The van der Waals surface area contributed by atoms with E-state index in [1.165, 1.54) is 0 Å². The fraction of sp³-hybridized carbons (Fsp3) is 0.400. The summed E-state index contributed by atoms with van der Waals surface area (Å²) in [6.07, 6.45) is 3.15. The Hall–Kier alpha value is -2.03. The molecule has 0 aliphatic rings. The summed E-state index contributed by atoms with van der Waals surface area (Å²) < 4.78 is 10.8. The minimum absolute atomic E-state index is 0.0694. The number of aromatic carboxylic acids is 1. The van der Waals surface area contributed by atoms with Gasteiger partial charge in [0.25, 0.3) is 5.69 Å². The van der Waals surface area contributed by atoms with Gasteiger partial charge < -0.3 is 10.4 Å². The molecular weight excluding hydrogens is 274 g/mol. The van der Waals surface area contributed by atoms with Crippen molar-refractivity contribution in [2.24, 2.45) is 0 Å². The van der Waals surface area contributed by atoms with Crippen LogP contribution in [-0.4, -0.2) is 43.7 Å². The Kier molecular flexibility index (Phi) is 5.37. The van der Waals surface area contributed by atoms with Crippen molar-refractivity contribution in [3.05, 3.63) is 27.9 Å². The molecule has 1 aromatic rings. The van der Waals surface area contributed by atoms with Crippen molar-refractivity contribution in [1.82, 2.24) is 4.98 Å². The van der Waals surface area contributed by atoms with Crippen LogP contribution in [0, 0.1) is 10.1 Å². The summed E-state index contributed by atoms with van der Waals surface area (Å²) in [5.74, 6) is -0.736. The van der Waals surface area contributed by atoms with Gasteiger partial charge in [0, 0.05) is 35.4 Å². The van der Waals surface area contributed by atoms with Gasteiger partial charge in [0.1, 0.15) is 17.6 Å². The monoisotopic (exact) mass is 287 g/mol. The number of pyridine rings is 1. The van der Waals surface area contributed by atoms with Crippen molar-refractivity contribution in [2.75, 3.05) is 23.9 Å². The van der Waals surface area contributed by atoms with E-state index >= 15 is 0 Å². The number of anilines is 1. The molecule has 0 amide bonds. The van der Waals surface area contributed by atoms with E-state index in [-0.39, 0.29) is 17.1 Å². The summed E-state index contributed by atoms with van der Waals surface area (Å²) in [7, 11) is -0.913. The molecule has 0 aliphatic heterocycles. The average Bonchev–Trinajstić information content (AvgIpc) is 2.34. The van der Waals surface area contributed by atoms with Crippen molar-refractivity contribution in [3.8, 4) is 0 Å². The minimum atomic E-state index is -1.29. The first kappa shape index (κ1) is 15.0. The lowest BCUT2D eigenvalue weighted by Crippen LogP contribution is -2.12. The normalized spacial score (nSPS) is 11.8. The fourth-order valence-corrected chi connectivity index (χ4v) is 1.89.